The Morgan fingerprint density at radius 1 is 1.02 bits per heavy atom. The molecule has 0 aliphatic rings. The van der Waals surface area contributed by atoms with Crippen molar-refractivity contribution in [3.8, 4) is 5.75 Å². The molecular formula is C32H39N3O4S. The minimum Gasteiger partial charge on any atom is -0.497 e. The molecule has 0 saturated heterocycles. The van der Waals surface area contributed by atoms with Crippen LogP contribution in [0.25, 0.3) is 0 Å². The molecule has 0 fully saturated rings. The van der Waals surface area contributed by atoms with Crippen molar-refractivity contribution in [2.75, 3.05) is 7.11 Å². The van der Waals surface area contributed by atoms with Crippen LogP contribution in [0.5, 0.6) is 5.75 Å². The van der Waals surface area contributed by atoms with Gasteiger partial charge in [-0.3, -0.25) is 9.48 Å². The van der Waals surface area contributed by atoms with E-state index in [9.17, 15) is 4.79 Å². The number of esters is 1. The van der Waals surface area contributed by atoms with Crippen molar-refractivity contribution < 1.29 is 19.0 Å². The normalized spacial score (nSPS) is 12.3. The summed E-state index contributed by atoms with van der Waals surface area (Å²) in [6.07, 6.45) is 3.46. The van der Waals surface area contributed by atoms with Crippen LogP contribution in [0.1, 0.15) is 65.2 Å². The Kier molecular flexibility index (Phi) is 10.1. The standard InChI is InChI=1S/C32H39N3O4S/c1-6-35-19-27(33-34-35)14-17-29(32(3,4)31(36)39-21-24-10-8-7-9-11-24)30-18-26(23(2)40-30)22-38-20-25-12-15-28(37-5)16-13-25/h7-13,15-16,18-19,29H,6,14,17,20-22H2,1-5H3/t29-/m1/s1. The van der Waals surface area contributed by atoms with Crippen molar-refractivity contribution in [3.05, 3.63) is 99.0 Å². The first-order valence-electron chi connectivity index (χ1n) is 13.7. The van der Waals surface area contributed by atoms with E-state index in [1.54, 1.807) is 18.4 Å². The summed E-state index contributed by atoms with van der Waals surface area (Å²) in [7, 11) is 1.66. The van der Waals surface area contributed by atoms with Crippen molar-refractivity contribution >= 4 is 17.3 Å². The summed E-state index contributed by atoms with van der Waals surface area (Å²) in [6, 6.07) is 19.9. The van der Waals surface area contributed by atoms with E-state index >= 15 is 0 Å². The zero-order valence-electron chi connectivity index (χ0n) is 24.1. The minimum absolute atomic E-state index is 0.0541. The van der Waals surface area contributed by atoms with Crippen molar-refractivity contribution in [2.45, 2.75) is 72.8 Å². The zero-order valence-corrected chi connectivity index (χ0v) is 24.9. The fourth-order valence-electron chi connectivity index (χ4n) is 4.67. The summed E-state index contributed by atoms with van der Waals surface area (Å²) in [4.78, 5) is 15.8. The van der Waals surface area contributed by atoms with Gasteiger partial charge < -0.3 is 14.2 Å². The molecular weight excluding hydrogens is 522 g/mol. The van der Waals surface area contributed by atoms with E-state index in [-0.39, 0.29) is 18.5 Å². The quantitative estimate of drug-likeness (QED) is 0.156. The van der Waals surface area contributed by atoms with E-state index in [0.717, 1.165) is 52.4 Å². The molecule has 2 aromatic heterocycles. The number of rotatable bonds is 14. The molecule has 0 aliphatic heterocycles. The summed E-state index contributed by atoms with van der Waals surface area (Å²) >= 11 is 1.73. The van der Waals surface area contributed by atoms with E-state index in [0.29, 0.717) is 13.2 Å². The third-order valence-electron chi connectivity index (χ3n) is 7.28. The third kappa shape index (κ3) is 7.58. The summed E-state index contributed by atoms with van der Waals surface area (Å²) in [5.41, 5.74) is 3.39. The smallest absolute Gasteiger partial charge is 0.312 e. The second-order valence-electron chi connectivity index (χ2n) is 10.5. The number of aryl methyl sites for hydroxylation is 3. The molecule has 0 saturated carbocycles. The average Bonchev–Trinajstić information content (AvgIpc) is 3.58. The van der Waals surface area contributed by atoms with Crippen LogP contribution in [-0.2, 0) is 47.1 Å². The van der Waals surface area contributed by atoms with Crippen LogP contribution in [-0.4, -0.2) is 28.1 Å². The lowest BCUT2D eigenvalue weighted by Gasteiger charge is -2.31. The molecule has 0 spiro atoms. The number of carbonyl (C=O) groups excluding carboxylic acids is 1. The largest absolute Gasteiger partial charge is 0.497 e. The number of hydrogen-bond acceptors (Lipinski definition) is 7. The number of aromatic nitrogens is 3. The van der Waals surface area contributed by atoms with Gasteiger partial charge in [-0.25, -0.2) is 0 Å². The van der Waals surface area contributed by atoms with Crippen molar-refractivity contribution in [1.82, 2.24) is 15.0 Å². The predicted octanol–water partition coefficient (Wildman–Crippen LogP) is 6.88. The van der Waals surface area contributed by atoms with E-state index in [1.807, 2.05) is 86.2 Å². The van der Waals surface area contributed by atoms with Gasteiger partial charge in [0.15, 0.2) is 0 Å². The molecule has 0 amide bonds. The highest BCUT2D eigenvalue weighted by Crippen LogP contribution is 2.44. The van der Waals surface area contributed by atoms with Gasteiger partial charge in [0.25, 0.3) is 0 Å². The number of carbonyl (C=O) groups is 1. The highest BCUT2D eigenvalue weighted by Gasteiger charge is 2.40. The molecule has 0 unspecified atom stereocenters. The molecule has 0 radical (unpaired) electrons. The molecule has 4 aromatic rings. The molecule has 0 bridgehead atoms. The third-order valence-corrected chi connectivity index (χ3v) is 8.48. The predicted molar refractivity (Wildman–Crippen MR) is 157 cm³/mol. The summed E-state index contributed by atoms with van der Waals surface area (Å²) in [6.45, 7) is 10.2. The number of thiophene rings is 1. The van der Waals surface area contributed by atoms with Crippen LogP contribution in [0.4, 0.5) is 0 Å². The lowest BCUT2D eigenvalue weighted by molar-refractivity contribution is -0.156. The fraction of sp³-hybridized carbons (Fsp3) is 0.406. The topological polar surface area (TPSA) is 75.5 Å². The second kappa shape index (κ2) is 13.7. The van der Waals surface area contributed by atoms with Crippen LogP contribution in [0, 0.1) is 12.3 Å². The molecule has 4 rings (SSSR count). The Hall–Kier alpha value is -3.49. The number of benzene rings is 2. The molecule has 212 valence electrons. The average molecular weight is 562 g/mol. The maximum Gasteiger partial charge on any atom is 0.312 e. The van der Waals surface area contributed by atoms with Gasteiger partial charge in [0.1, 0.15) is 12.4 Å². The first-order valence-corrected chi connectivity index (χ1v) is 14.5. The Morgan fingerprint density at radius 2 is 1.75 bits per heavy atom. The Bertz CT molecular complexity index is 1360. The minimum atomic E-state index is -0.742. The van der Waals surface area contributed by atoms with Gasteiger partial charge in [0.2, 0.25) is 0 Å². The molecule has 40 heavy (non-hydrogen) atoms. The maximum atomic E-state index is 13.5. The monoisotopic (exact) mass is 561 g/mol. The molecule has 8 heteroatoms. The molecule has 2 aromatic carbocycles. The van der Waals surface area contributed by atoms with Gasteiger partial charge in [-0.1, -0.05) is 47.7 Å². The Labute approximate surface area is 241 Å². The van der Waals surface area contributed by atoms with Gasteiger partial charge in [-0.05, 0) is 75.4 Å². The van der Waals surface area contributed by atoms with Gasteiger partial charge in [-0.15, -0.1) is 16.4 Å². The fourth-order valence-corrected chi connectivity index (χ4v) is 6.03. The number of hydrogen-bond donors (Lipinski definition) is 0. The SMILES string of the molecule is CCn1cc(CC[C@H](c2cc(COCc3ccc(OC)cc3)c(C)s2)C(C)(C)C(=O)OCc2ccccc2)nn1. The lowest BCUT2D eigenvalue weighted by Crippen LogP contribution is -2.33. The van der Waals surface area contributed by atoms with Crippen molar-refractivity contribution in [1.29, 1.82) is 0 Å². The summed E-state index contributed by atoms with van der Waals surface area (Å²) in [5, 5.41) is 8.52. The van der Waals surface area contributed by atoms with Gasteiger partial charge in [-0.2, -0.15) is 0 Å². The number of ether oxygens (including phenoxy) is 3. The van der Waals surface area contributed by atoms with Crippen LogP contribution in [0.15, 0.2) is 66.9 Å². The number of nitrogens with zero attached hydrogens (tertiary/aromatic N) is 3. The number of methoxy groups -OCH3 is 1. The molecule has 2 heterocycles. The van der Waals surface area contributed by atoms with Gasteiger partial charge in [0, 0.05) is 28.4 Å². The van der Waals surface area contributed by atoms with Crippen molar-refractivity contribution in [3.63, 3.8) is 0 Å². The highest BCUT2D eigenvalue weighted by molar-refractivity contribution is 7.12. The molecule has 0 aliphatic carbocycles. The summed E-state index contributed by atoms with van der Waals surface area (Å²) < 4.78 is 19.0. The van der Waals surface area contributed by atoms with Crippen LogP contribution < -0.4 is 4.74 Å². The molecule has 1 atom stereocenters. The Balaban J connectivity index is 1.49. The van der Waals surface area contributed by atoms with E-state index in [1.165, 1.54) is 4.88 Å². The summed E-state index contributed by atoms with van der Waals surface area (Å²) in [5.74, 6) is 0.568. The van der Waals surface area contributed by atoms with Gasteiger partial charge in [0.05, 0.1) is 31.4 Å². The second-order valence-corrected chi connectivity index (χ2v) is 11.8. The van der Waals surface area contributed by atoms with Crippen molar-refractivity contribution in [2.24, 2.45) is 5.41 Å². The Morgan fingerprint density at radius 3 is 2.42 bits per heavy atom. The molecule has 0 N–H and O–H groups in total. The first-order chi connectivity index (χ1) is 19.3. The van der Waals surface area contributed by atoms with Crippen LogP contribution in [0.2, 0.25) is 0 Å². The first kappa shape index (κ1) is 29.5. The highest BCUT2D eigenvalue weighted by atomic mass is 32.1. The maximum absolute atomic E-state index is 13.5. The van der Waals surface area contributed by atoms with Gasteiger partial charge >= 0.3 is 5.97 Å². The van der Waals surface area contributed by atoms with E-state index in [2.05, 4.69) is 23.3 Å². The lowest BCUT2D eigenvalue weighted by atomic mass is 9.75. The molecule has 7 nitrogen and oxygen atoms in total. The van der Waals surface area contributed by atoms with E-state index < -0.39 is 5.41 Å². The van der Waals surface area contributed by atoms with Crippen LogP contribution in [0.3, 0.4) is 0 Å². The van der Waals surface area contributed by atoms with Crippen LogP contribution >= 0.6 is 11.3 Å². The van der Waals surface area contributed by atoms with E-state index in [4.69, 9.17) is 14.2 Å². The zero-order chi connectivity index (χ0) is 28.5.